The number of hydrogen-bond donors (Lipinski definition) is 2. The standard InChI is InChI=1S/C15H18N4O4/c20-15(12-5-3-7-16-9-12)17-10-13(18-21)8-11-4-1-2-6-14(11)19(22)23/h3,5,7-9,14,21H,1-2,4,6,10H2,(H,17,20)/b11-8+,18-13-. The maximum atomic E-state index is 11.9. The molecule has 1 saturated carbocycles. The van der Waals surface area contributed by atoms with Gasteiger partial charge in [-0.1, -0.05) is 5.16 Å². The molecule has 1 aliphatic rings. The average Bonchev–Trinajstić information content (AvgIpc) is 2.59. The van der Waals surface area contributed by atoms with E-state index in [0.29, 0.717) is 24.0 Å². The van der Waals surface area contributed by atoms with Crippen LogP contribution in [-0.4, -0.2) is 39.3 Å². The Hall–Kier alpha value is -2.77. The molecule has 0 aromatic carbocycles. The number of aromatic nitrogens is 1. The predicted molar refractivity (Wildman–Crippen MR) is 83.1 cm³/mol. The molecule has 1 fully saturated rings. The molecule has 1 atom stereocenters. The quantitative estimate of drug-likeness (QED) is 0.371. The van der Waals surface area contributed by atoms with Gasteiger partial charge in [0.25, 0.3) is 5.91 Å². The lowest BCUT2D eigenvalue weighted by Gasteiger charge is -2.18. The number of pyridine rings is 1. The first kappa shape index (κ1) is 16.6. The zero-order valence-electron chi connectivity index (χ0n) is 12.5. The second-order valence-electron chi connectivity index (χ2n) is 5.28. The van der Waals surface area contributed by atoms with E-state index >= 15 is 0 Å². The molecule has 23 heavy (non-hydrogen) atoms. The first-order valence-electron chi connectivity index (χ1n) is 7.35. The molecule has 1 aliphatic carbocycles. The summed E-state index contributed by atoms with van der Waals surface area (Å²) < 4.78 is 0. The summed E-state index contributed by atoms with van der Waals surface area (Å²) in [6, 6.07) is 2.51. The summed E-state index contributed by atoms with van der Waals surface area (Å²) in [5.74, 6) is -0.355. The summed E-state index contributed by atoms with van der Waals surface area (Å²) in [4.78, 5) is 26.5. The van der Waals surface area contributed by atoms with Crippen LogP contribution in [-0.2, 0) is 0 Å². The molecule has 1 aromatic heterocycles. The Balaban J connectivity index is 2.01. The average molecular weight is 318 g/mol. The molecule has 0 saturated heterocycles. The highest BCUT2D eigenvalue weighted by molar-refractivity contribution is 6.01. The van der Waals surface area contributed by atoms with Gasteiger partial charge in [0.05, 0.1) is 17.8 Å². The van der Waals surface area contributed by atoms with Gasteiger partial charge in [-0.05, 0) is 37.5 Å². The third-order valence-electron chi connectivity index (χ3n) is 3.71. The van der Waals surface area contributed by atoms with Crippen LogP contribution in [0.3, 0.4) is 0 Å². The van der Waals surface area contributed by atoms with Crippen molar-refractivity contribution in [2.75, 3.05) is 6.54 Å². The molecule has 122 valence electrons. The third-order valence-corrected chi connectivity index (χ3v) is 3.71. The number of carbonyl (C=O) groups is 1. The SMILES string of the molecule is O=C(NCC(/C=C1\CCCCC1[N+](=O)[O-])=N\O)c1cccnc1. The molecule has 0 spiro atoms. The Labute approximate surface area is 133 Å². The fraction of sp³-hybridized carbons (Fsp3) is 0.400. The fourth-order valence-corrected chi connectivity index (χ4v) is 2.53. The number of amides is 1. The molecule has 0 aliphatic heterocycles. The van der Waals surface area contributed by atoms with Gasteiger partial charge >= 0.3 is 0 Å². The van der Waals surface area contributed by atoms with Crippen LogP contribution in [0.25, 0.3) is 0 Å². The molecule has 8 nitrogen and oxygen atoms in total. The number of oxime groups is 1. The summed E-state index contributed by atoms with van der Waals surface area (Å²) in [5, 5.41) is 25.9. The van der Waals surface area contributed by atoms with Gasteiger partial charge in [-0.3, -0.25) is 19.9 Å². The maximum Gasteiger partial charge on any atom is 0.253 e. The van der Waals surface area contributed by atoms with Crippen LogP contribution >= 0.6 is 0 Å². The number of hydrogen-bond acceptors (Lipinski definition) is 6. The van der Waals surface area contributed by atoms with Gasteiger partial charge in [0, 0.05) is 29.3 Å². The van der Waals surface area contributed by atoms with Gasteiger partial charge in [0.1, 0.15) is 0 Å². The van der Waals surface area contributed by atoms with Crippen LogP contribution in [0.4, 0.5) is 0 Å². The Kier molecular flexibility index (Phi) is 5.79. The lowest BCUT2D eigenvalue weighted by atomic mass is 9.89. The molecule has 1 amide bonds. The van der Waals surface area contributed by atoms with E-state index in [4.69, 9.17) is 5.21 Å². The molecular formula is C15H18N4O4. The minimum atomic E-state index is -0.741. The summed E-state index contributed by atoms with van der Waals surface area (Å²) in [6.45, 7) is -0.0157. The van der Waals surface area contributed by atoms with E-state index in [1.165, 1.54) is 12.3 Å². The topological polar surface area (TPSA) is 118 Å². The second kappa shape index (κ2) is 8.02. The minimum absolute atomic E-state index is 0.0157. The number of rotatable bonds is 5. The summed E-state index contributed by atoms with van der Waals surface area (Å²) in [7, 11) is 0. The van der Waals surface area contributed by atoms with Crippen LogP contribution < -0.4 is 5.32 Å². The summed E-state index contributed by atoms with van der Waals surface area (Å²) >= 11 is 0. The maximum absolute atomic E-state index is 11.9. The van der Waals surface area contributed by atoms with Crippen molar-refractivity contribution < 1.29 is 14.9 Å². The number of carbonyl (C=O) groups excluding carboxylic acids is 1. The molecule has 8 heteroatoms. The third kappa shape index (κ3) is 4.60. The first-order chi connectivity index (χ1) is 11.1. The first-order valence-corrected chi connectivity index (χ1v) is 7.35. The van der Waals surface area contributed by atoms with Crippen LogP contribution in [0.15, 0.2) is 41.3 Å². The highest BCUT2D eigenvalue weighted by atomic mass is 16.6. The number of nitro groups is 1. The highest BCUT2D eigenvalue weighted by Crippen LogP contribution is 2.25. The largest absolute Gasteiger partial charge is 0.411 e. The number of nitrogens with one attached hydrogen (secondary N) is 1. The lowest BCUT2D eigenvalue weighted by molar-refractivity contribution is -0.514. The van der Waals surface area contributed by atoms with Gasteiger partial charge in [-0.2, -0.15) is 0 Å². The Morgan fingerprint density at radius 3 is 3.04 bits per heavy atom. The van der Waals surface area contributed by atoms with Gasteiger partial charge in [-0.25, -0.2) is 0 Å². The summed E-state index contributed by atoms with van der Waals surface area (Å²) in [5.41, 5.74) is 1.20. The monoisotopic (exact) mass is 318 g/mol. The van der Waals surface area contributed by atoms with Crippen LogP contribution in [0, 0.1) is 10.1 Å². The van der Waals surface area contributed by atoms with Crippen molar-refractivity contribution in [3.8, 4) is 0 Å². The van der Waals surface area contributed by atoms with Crippen molar-refractivity contribution in [3.63, 3.8) is 0 Å². The van der Waals surface area contributed by atoms with E-state index < -0.39 is 6.04 Å². The summed E-state index contributed by atoms with van der Waals surface area (Å²) in [6.07, 6.45) is 7.26. The van der Waals surface area contributed by atoms with Gasteiger partial charge in [0.15, 0.2) is 0 Å². The van der Waals surface area contributed by atoms with E-state index in [2.05, 4.69) is 15.5 Å². The van der Waals surface area contributed by atoms with Crippen molar-refractivity contribution in [2.45, 2.75) is 31.7 Å². The second-order valence-corrected chi connectivity index (χ2v) is 5.28. The Morgan fingerprint density at radius 1 is 1.57 bits per heavy atom. The van der Waals surface area contributed by atoms with E-state index in [0.717, 1.165) is 12.8 Å². The van der Waals surface area contributed by atoms with Gasteiger partial charge < -0.3 is 10.5 Å². The van der Waals surface area contributed by atoms with E-state index in [-0.39, 0.29) is 23.1 Å². The molecule has 2 rings (SSSR count). The molecule has 1 unspecified atom stereocenters. The van der Waals surface area contributed by atoms with Crippen molar-refractivity contribution in [3.05, 3.63) is 51.9 Å². The van der Waals surface area contributed by atoms with Gasteiger partial charge in [0.2, 0.25) is 6.04 Å². The van der Waals surface area contributed by atoms with Crippen LogP contribution in [0.1, 0.15) is 36.0 Å². The number of nitrogens with zero attached hydrogens (tertiary/aromatic N) is 3. The Morgan fingerprint density at radius 2 is 2.39 bits per heavy atom. The molecule has 0 bridgehead atoms. The molecule has 1 heterocycles. The van der Waals surface area contributed by atoms with Crippen molar-refractivity contribution >= 4 is 11.6 Å². The lowest BCUT2D eigenvalue weighted by Crippen LogP contribution is -2.30. The Bertz CT molecular complexity index is 628. The van der Waals surface area contributed by atoms with E-state index in [1.54, 1.807) is 18.3 Å². The highest BCUT2D eigenvalue weighted by Gasteiger charge is 2.28. The van der Waals surface area contributed by atoms with Crippen molar-refractivity contribution in [1.82, 2.24) is 10.3 Å². The van der Waals surface area contributed by atoms with E-state index in [1.807, 2.05) is 0 Å². The van der Waals surface area contributed by atoms with Crippen LogP contribution in [0.5, 0.6) is 0 Å². The zero-order valence-corrected chi connectivity index (χ0v) is 12.5. The minimum Gasteiger partial charge on any atom is -0.411 e. The molecule has 2 N–H and O–H groups in total. The van der Waals surface area contributed by atoms with E-state index in [9.17, 15) is 14.9 Å². The molecule has 0 radical (unpaired) electrons. The molecular weight excluding hydrogens is 300 g/mol. The van der Waals surface area contributed by atoms with Crippen molar-refractivity contribution in [2.24, 2.45) is 5.16 Å². The molecule has 1 aromatic rings. The fourth-order valence-electron chi connectivity index (χ4n) is 2.53. The smallest absolute Gasteiger partial charge is 0.253 e. The van der Waals surface area contributed by atoms with Gasteiger partial charge in [-0.15, -0.1) is 0 Å². The van der Waals surface area contributed by atoms with Crippen LogP contribution in [0.2, 0.25) is 0 Å². The predicted octanol–water partition coefficient (Wildman–Crippen LogP) is 1.79. The van der Waals surface area contributed by atoms with Crippen molar-refractivity contribution in [1.29, 1.82) is 0 Å². The zero-order chi connectivity index (χ0) is 16.7. The normalized spacial score (nSPS) is 20.3.